The first-order valence-corrected chi connectivity index (χ1v) is 10.0. The van der Waals surface area contributed by atoms with Gasteiger partial charge in [-0.3, -0.25) is 19.6 Å². The van der Waals surface area contributed by atoms with Crippen molar-refractivity contribution in [2.45, 2.75) is 18.1 Å². The van der Waals surface area contributed by atoms with Crippen molar-refractivity contribution in [1.29, 1.82) is 0 Å². The summed E-state index contributed by atoms with van der Waals surface area (Å²) in [7, 11) is 0. The van der Waals surface area contributed by atoms with E-state index in [9.17, 15) is 14.0 Å². The van der Waals surface area contributed by atoms with E-state index in [1.807, 2.05) is 0 Å². The number of nitrogens with two attached hydrogens (primary N) is 1. The van der Waals surface area contributed by atoms with Gasteiger partial charge in [-0.1, -0.05) is 17.8 Å². The molecule has 140 valence electrons. The van der Waals surface area contributed by atoms with Gasteiger partial charge in [0.25, 0.3) is 5.56 Å². The zero-order valence-corrected chi connectivity index (χ0v) is 15.8. The third-order valence-corrected chi connectivity index (χ3v) is 6.34. The second kappa shape index (κ2) is 7.39. The fraction of sp³-hybridized carbons (Fsp3) is 0.235. The summed E-state index contributed by atoms with van der Waals surface area (Å²) in [6, 6.07) is 5.77. The Hall–Kier alpha value is -2.27. The number of hydrazine groups is 1. The van der Waals surface area contributed by atoms with E-state index in [4.69, 9.17) is 5.84 Å². The van der Waals surface area contributed by atoms with E-state index in [1.165, 1.54) is 34.1 Å². The number of thioether (sulfide) groups is 1. The smallest absolute Gasteiger partial charge is 0.267 e. The molecule has 27 heavy (non-hydrogen) atoms. The van der Waals surface area contributed by atoms with Gasteiger partial charge >= 0.3 is 0 Å². The van der Waals surface area contributed by atoms with E-state index >= 15 is 0 Å². The summed E-state index contributed by atoms with van der Waals surface area (Å²) >= 11 is 2.56. The molecule has 0 atom stereocenters. The number of hydrogen-bond donors (Lipinski definition) is 3. The van der Waals surface area contributed by atoms with Crippen molar-refractivity contribution >= 4 is 39.2 Å². The Kier molecular flexibility index (Phi) is 4.96. The van der Waals surface area contributed by atoms with Crippen LogP contribution in [0.4, 0.5) is 4.39 Å². The maximum Gasteiger partial charge on any atom is 0.267 e. The van der Waals surface area contributed by atoms with Crippen LogP contribution in [0.5, 0.6) is 0 Å². The lowest BCUT2D eigenvalue weighted by Gasteiger charge is -2.14. The minimum atomic E-state index is -0.452. The van der Waals surface area contributed by atoms with Gasteiger partial charge in [-0.25, -0.2) is 15.2 Å². The Morgan fingerprint density at radius 1 is 1.48 bits per heavy atom. The van der Waals surface area contributed by atoms with Crippen LogP contribution in [-0.2, 0) is 17.8 Å². The topological polar surface area (TPSA) is 102 Å². The molecule has 0 unspecified atom stereocenters. The zero-order chi connectivity index (χ0) is 19.0. The SMILES string of the molecule is NNC(=O)CSc1nc2sc3c(c2c(=O)n1-c1cccc(F)c1)CCNC3. The molecule has 1 amide bonds. The predicted octanol–water partition coefficient (Wildman–Crippen LogP) is 1.31. The number of carbonyl (C=O) groups is 1. The number of benzene rings is 1. The predicted molar refractivity (Wildman–Crippen MR) is 104 cm³/mol. The summed E-state index contributed by atoms with van der Waals surface area (Å²) in [5.41, 5.74) is 3.19. The van der Waals surface area contributed by atoms with Crippen molar-refractivity contribution in [3.8, 4) is 5.69 Å². The first kappa shape index (κ1) is 18.1. The Balaban J connectivity index is 1.94. The van der Waals surface area contributed by atoms with Crippen LogP contribution in [0.15, 0.2) is 34.2 Å². The molecular weight excluding hydrogens is 389 g/mol. The lowest BCUT2D eigenvalue weighted by atomic mass is 10.1. The van der Waals surface area contributed by atoms with E-state index < -0.39 is 11.7 Å². The Bertz CT molecular complexity index is 1090. The van der Waals surface area contributed by atoms with Crippen molar-refractivity contribution < 1.29 is 9.18 Å². The molecule has 4 N–H and O–H groups in total. The van der Waals surface area contributed by atoms with E-state index in [1.54, 1.807) is 6.07 Å². The highest BCUT2D eigenvalue weighted by Crippen LogP contribution is 2.32. The third kappa shape index (κ3) is 3.36. The van der Waals surface area contributed by atoms with Gasteiger partial charge in [0, 0.05) is 11.4 Å². The van der Waals surface area contributed by atoms with Gasteiger partial charge < -0.3 is 5.32 Å². The molecule has 0 saturated carbocycles. The van der Waals surface area contributed by atoms with Crippen molar-refractivity contribution in [2.75, 3.05) is 12.3 Å². The minimum Gasteiger partial charge on any atom is -0.312 e. The molecule has 1 aromatic carbocycles. The second-order valence-corrected chi connectivity index (χ2v) is 8.01. The molecular formula is C17H16FN5O2S2. The highest BCUT2D eigenvalue weighted by atomic mass is 32.2. The summed E-state index contributed by atoms with van der Waals surface area (Å²) in [5, 5.41) is 4.19. The first-order valence-electron chi connectivity index (χ1n) is 8.24. The Morgan fingerprint density at radius 2 is 2.33 bits per heavy atom. The number of aromatic nitrogens is 2. The number of rotatable bonds is 4. The molecule has 1 aliphatic rings. The Labute approximate surface area is 161 Å². The summed E-state index contributed by atoms with van der Waals surface area (Å²) < 4.78 is 15.2. The van der Waals surface area contributed by atoms with Crippen LogP contribution in [0, 0.1) is 5.82 Å². The molecule has 0 fully saturated rings. The van der Waals surface area contributed by atoms with E-state index in [0.717, 1.165) is 35.2 Å². The van der Waals surface area contributed by atoms with Crippen molar-refractivity contribution in [3.05, 3.63) is 50.9 Å². The van der Waals surface area contributed by atoms with Crippen LogP contribution >= 0.6 is 23.1 Å². The van der Waals surface area contributed by atoms with Gasteiger partial charge in [-0.2, -0.15) is 0 Å². The molecule has 10 heteroatoms. The van der Waals surface area contributed by atoms with Gasteiger partial charge in [-0.15, -0.1) is 11.3 Å². The van der Waals surface area contributed by atoms with Gasteiger partial charge in [0.05, 0.1) is 16.8 Å². The van der Waals surface area contributed by atoms with Crippen LogP contribution in [-0.4, -0.2) is 27.8 Å². The number of halogens is 1. The molecule has 4 rings (SSSR count). The number of amides is 1. The fourth-order valence-corrected chi connectivity index (χ4v) is 5.12. The van der Waals surface area contributed by atoms with E-state index in [0.29, 0.717) is 27.6 Å². The quantitative estimate of drug-likeness (QED) is 0.199. The average molecular weight is 405 g/mol. The van der Waals surface area contributed by atoms with Crippen molar-refractivity contribution in [2.24, 2.45) is 5.84 Å². The maximum atomic E-state index is 13.8. The standard InChI is InChI=1S/C17H16FN5O2S2/c18-9-2-1-3-10(6-9)23-16(25)14-11-4-5-20-7-12(11)27-15(14)21-17(23)26-8-13(24)22-19/h1-3,6,20H,4-5,7-8,19H2,(H,22,24). The summed E-state index contributed by atoms with van der Waals surface area (Å²) in [5.74, 6) is 4.29. The molecule has 3 aromatic rings. The third-order valence-electron chi connectivity index (χ3n) is 4.27. The monoisotopic (exact) mass is 405 g/mol. The van der Waals surface area contributed by atoms with Crippen LogP contribution in [0.25, 0.3) is 15.9 Å². The van der Waals surface area contributed by atoms with E-state index in [-0.39, 0.29) is 11.3 Å². The molecule has 7 nitrogen and oxygen atoms in total. The molecule has 1 aliphatic heterocycles. The molecule has 0 bridgehead atoms. The highest BCUT2D eigenvalue weighted by molar-refractivity contribution is 7.99. The molecule has 0 saturated heterocycles. The normalized spacial score (nSPS) is 13.6. The van der Waals surface area contributed by atoms with Crippen LogP contribution in [0.3, 0.4) is 0 Å². The van der Waals surface area contributed by atoms with Crippen LogP contribution < -0.4 is 22.1 Å². The van der Waals surface area contributed by atoms with Crippen molar-refractivity contribution in [3.63, 3.8) is 0 Å². The summed E-state index contributed by atoms with van der Waals surface area (Å²) in [6.45, 7) is 1.50. The maximum absolute atomic E-state index is 13.8. The number of nitrogens with one attached hydrogen (secondary N) is 2. The number of thiophene rings is 1. The number of hydrogen-bond acceptors (Lipinski definition) is 7. The second-order valence-electron chi connectivity index (χ2n) is 5.98. The van der Waals surface area contributed by atoms with Gasteiger partial charge in [-0.05, 0) is 36.7 Å². The molecule has 0 radical (unpaired) electrons. The van der Waals surface area contributed by atoms with Crippen LogP contribution in [0.2, 0.25) is 0 Å². The molecule has 0 aliphatic carbocycles. The number of fused-ring (bicyclic) bond motifs is 3. The van der Waals surface area contributed by atoms with Gasteiger partial charge in [0.1, 0.15) is 10.6 Å². The number of nitrogens with zero attached hydrogens (tertiary/aromatic N) is 2. The highest BCUT2D eigenvalue weighted by Gasteiger charge is 2.23. The van der Waals surface area contributed by atoms with Crippen molar-refractivity contribution in [1.82, 2.24) is 20.3 Å². The minimum absolute atomic E-state index is 0.00356. The summed E-state index contributed by atoms with van der Waals surface area (Å²) in [4.78, 5) is 31.3. The van der Waals surface area contributed by atoms with Crippen LogP contribution in [0.1, 0.15) is 10.4 Å². The largest absolute Gasteiger partial charge is 0.312 e. The Morgan fingerprint density at radius 3 is 3.11 bits per heavy atom. The fourth-order valence-electron chi connectivity index (χ4n) is 3.07. The lowest BCUT2D eigenvalue weighted by Crippen LogP contribution is -2.32. The average Bonchev–Trinajstić information content (AvgIpc) is 3.04. The van der Waals surface area contributed by atoms with E-state index in [2.05, 4.69) is 15.7 Å². The number of carbonyl (C=O) groups excluding carboxylic acids is 1. The zero-order valence-electron chi connectivity index (χ0n) is 14.1. The van der Waals surface area contributed by atoms with Gasteiger partial charge in [0.2, 0.25) is 5.91 Å². The first-order chi connectivity index (χ1) is 13.1. The molecule has 2 aromatic heterocycles. The summed E-state index contributed by atoms with van der Waals surface area (Å²) in [6.07, 6.45) is 0.747. The van der Waals surface area contributed by atoms with Gasteiger partial charge in [0.15, 0.2) is 5.16 Å². The lowest BCUT2D eigenvalue weighted by molar-refractivity contribution is -0.118. The molecule has 3 heterocycles. The molecule has 0 spiro atoms.